The van der Waals surface area contributed by atoms with Gasteiger partial charge in [0.15, 0.2) is 0 Å². The Kier molecular flexibility index (Phi) is 5.61. The first-order chi connectivity index (χ1) is 8.76. The molecule has 1 aliphatic heterocycles. The Balaban J connectivity index is 0.000000771. The second-order valence-corrected chi connectivity index (χ2v) is 4.18. The smallest absolute Gasteiger partial charge is 0.268 e. The van der Waals surface area contributed by atoms with E-state index < -0.39 is 0 Å². The van der Waals surface area contributed by atoms with Gasteiger partial charge in [0.1, 0.15) is 5.82 Å². The van der Waals surface area contributed by atoms with E-state index in [4.69, 9.17) is 0 Å². The Hall–Kier alpha value is -1.59. The lowest BCUT2D eigenvalue weighted by atomic mass is 10.2. The molecule has 1 aromatic heterocycles. The van der Waals surface area contributed by atoms with Crippen LogP contribution in [0.4, 0.5) is 0 Å². The van der Waals surface area contributed by atoms with Crippen LogP contribution in [0.1, 0.15) is 25.6 Å². The number of thiophene rings is 1. The maximum absolute atomic E-state index is 11.8. The molecule has 1 amide bonds. The van der Waals surface area contributed by atoms with Crippen molar-refractivity contribution in [1.29, 1.82) is 0 Å². The molecule has 0 bridgehead atoms. The van der Waals surface area contributed by atoms with Gasteiger partial charge in [-0.3, -0.25) is 4.79 Å². The van der Waals surface area contributed by atoms with E-state index in [1.807, 2.05) is 44.4 Å². The molecule has 0 fully saturated rings. The van der Waals surface area contributed by atoms with Crippen molar-refractivity contribution in [2.24, 2.45) is 0 Å². The van der Waals surface area contributed by atoms with Gasteiger partial charge in [-0.1, -0.05) is 19.9 Å². The summed E-state index contributed by atoms with van der Waals surface area (Å²) in [6, 6.07) is 3.95. The molecule has 0 atom stereocenters. The largest absolute Gasteiger partial charge is 0.339 e. The number of carbonyl (C=O) groups excluding carboxylic acids is 1. The van der Waals surface area contributed by atoms with Gasteiger partial charge in [-0.15, -0.1) is 11.3 Å². The Morgan fingerprint density at radius 3 is 2.67 bits per heavy atom. The highest BCUT2D eigenvalue weighted by Crippen LogP contribution is 2.22. The molecule has 0 radical (unpaired) electrons. The van der Waals surface area contributed by atoms with Crippen LogP contribution in [-0.2, 0) is 4.79 Å². The molecule has 0 unspecified atom stereocenters. The average molecular weight is 265 g/mol. The number of nitrogens with zero attached hydrogens (tertiary/aromatic N) is 1. The van der Waals surface area contributed by atoms with E-state index in [0.29, 0.717) is 0 Å². The fourth-order valence-corrected chi connectivity index (χ4v) is 2.23. The fourth-order valence-electron chi connectivity index (χ4n) is 1.53. The third kappa shape index (κ3) is 3.00. The van der Waals surface area contributed by atoms with Gasteiger partial charge in [-0.2, -0.15) is 0 Å². The molecule has 2 rings (SSSR count). The molecular formula is C13H19N3OS. The summed E-state index contributed by atoms with van der Waals surface area (Å²) >= 11 is 1.60. The lowest BCUT2D eigenvalue weighted by molar-refractivity contribution is -0.127. The van der Waals surface area contributed by atoms with E-state index in [1.165, 1.54) is 5.01 Å². The zero-order chi connectivity index (χ0) is 13.5. The van der Waals surface area contributed by atoms with Crippen molar-refractivity contribution in [2.45, 2.75) is 20.8 Å². The SMILES string of the molecule is C/C=C1/NC(c2cccs2)=CC(=O)N1NC.CC. The molecule has 5 heteroatoms. The molecule has 0 saturated carbocycles. The van der Waals surface area contributed by atoms with Crippen molar-refractivity contribution >= 4 is 22.9 Å². The van der Waals surface area contributed by atoms with Crippen molar-refractivity contribution < 1.29 is 4.79 Å². The third-order valence-corrected chi connectivity index (χ3v) is 3.18. The van der Waals surface area contributed by atoms with E-state index in [-0.39, 0.29) is 5.91 Å². The number of hydrazine groups is 1. The first-order valence-electron chi connectivity index (χ1n) is 5.96. The van der Waals surface area contributed by atoms with Gasteiger partial charge in [-0.25, -0.2) is 10.4 Å². The van der Waals surface area contributed by atoms with Gasteiger partial charge < -0.3 is 5.32 Å². The molecule has 1 aromatic rings. The van der Waals surface area contributed by atoms with Crippen molar-refractivity contribution in [3.05, 3.63) is 40.4 Å². The number of rotatable bonds is 2. The van der Waals surface area contributed by atoms with Gasteiger partial charge in [0.25, 0.3) is 5.91 Å². The molecule has 98 valence electrons. The first kappa shape index (κ1) is 14.5. The average Bonchev–Trinajstić information content (AvgIpc) is 2.94. The van der Waals surface area contributed by atoms with Gasteiger partial charge >= 0.3 is 0 Å². The molecule has 0 saturated heterocycles. The maximum Gasteiger partial charge on any atom is 0.268 e. The summed E-state index contributed by atoms with van der Waals surface area (Å²) in [6.07, 6.45) is 3.45. The minimum absolute atomic E-state index is 0.0715. The zero-order valence-corrected chi connectivity index (χ0v) is 12.0. The van der Waals surface area contributed by atoms with Crippen LogP contribution in [0.2, 0.25) is 0 Å². The highest BCUT2D eigenvalue weighted by Gasteiger charge is 2.22. The molecule has 1 aliphatic rings. The highest BCUT2D eigenvalue weighted by molar-refractivity contribution is 7.11. The fraction of sp³-hybridized carbons (Fsp3) is 0.308. The number of amides is 1. The highest BCUT2D eigenvalue weighted by atomic mass is 32.1. The van der Waals surface area contributed by atoms with E-state index in [9.17, 15) is 4.79 Å². The lowest BCUT2D eigenvalue weighted by Gasteiger charge is -2.28. The summed E-state index contributed by atoms with van der Waals surface area (Å²) < 4.78 is 0. The topological polar surface area (TPSA) is 44.4 Å². The Bertz CT molecular complexity index is 449. The van der Waals surface area contributed by atoms with Crippen LogP contribution in [0.25, 0.3) is 5.70 Å². The van der Waals surface area contributed by atoms with Crippen LogP contribution >= 0.6 is 11.3 Å². The minimum Gasteiger partial charge on any atom is -0.339 e. The summed E-state index contributed by atoms with van der Waals surface area (Å²) in [5, 5.41) is 6.67. The molecule has 2 N–H and O–H groups in total. The number of carbonyl (C=O) groups is 1. The lowest BCUT2D eigenvalue weighted by Crippen LogP contribution is -2.46. The van der Waals surface area contributed by atoms with Gasteiger partial charge in [-0.05, 0) is 24.4 Å². The van der Waals surface area contributed by atoms with Gasteiger partial charge in [0.2, 0.25) is 0 Å². The Morgan fingerprint density at radius 1 is 1.44 bits per heavy atom. The van der Waals surface area contributed by atoms with Crippen molar-refractivity contribution in [3.63, 3.8) is 0 Å². The maximum atomic E-state index is 11.8. The summed E-state index contributed by atoms with van der Waals surface area (Å²) in [4.78, 5) is 12.9. The third-order valence-electron chi connectivity index (χ3n) is 2.28. The molecule has 18 heavy (non-hydrogen) atoms. The van der Waals surface area contributed by atoms with Crippen LogP contribution in [0.3, 0.4) is 0 Å². The van der Waals surface area contributed by atoms with Crippen LogP contribution < -0.4 is 10.7 Å². The predicted molar refractivity (Wildman–Crippen MR) is 76.4 cm³/mol. The molecule has 2 heterocycles. The predicted octanol–water partition coefficient (Wildman–Crippen LogP) is 2.54. The van der Waals surface area contributed by atoms with Crippen LogP contribution in [0.15, 0.2) is 35.5 Å². The molecule has 0 aromatic carbocycles. The Morgan fingerprint density at radius 2 is 2.17 bits per heavy atom. The number of hydrogen-bond acceptors (Lipinski definition) is 4. The van der Waals surface area contributed by atoms with E-state index >= 15 is 0 Å². The summed E-state index contributed by atoms with van der Waals surface area (Å²) in [5.74, 6) is 0.677. The van der Waals surface area contributed by atoms with Gasteiger partial charge in [0, 0.05) is 13.1 Å². The van der Waals surface area contributed by atoms with Crippen molar-refractivity contribution in [2.75, 3.05) is 7.05 Å². The van der Waals surface area contributed by atoms with Crippen LogP contribution in [0, 0.1) is 0 Å². The molecule has 0 spiro atoms. The second kappa shape index (κ2) is 6.98. The first-order valence-corrected chi connectivity index (χ1v) is 6.84. The quantitative estimate of drug-likeness (QED) is 0.863. The minimum atomic E-state index is -0.0715. The summed E-state index contributed by atoms with van der Waals surface area (Å²) in [5.41, 5.74) is 3.68. The number of hydrogen-bond donors (Lipinski definition) is 2. The van der Waals surface area contributed by atoms with Crippen molar-refractivity contribution in [3.8, 4) is 0 Å². The summed E-state index contributed by atoms with van der Waals surface area (Å²) in [7, 11) is 1.72. The molecule has 4 nitrogen and oxygen atoms in total. The van der Waals surface area contributed by atoms with E-state index in [0.717, 1.165) is 16.4 Å². The van der Waals surface area contributed by atoms with E-state index in [2.05, 4.69) is 10.7 Å². The number of allylic oxidation sites excluding steroid dienone is 1. The Labute approximate surface area is 112 Å². The van der Waals surface area contributed by atoms with Crippen LogP contribution in [-0.4, -0.2) is 18.0 Å². The van der Waals surface area contributed by atoms with Crippen LogP contribution in [0.5, 0.6) is 0 Å². The monoisotopic (exact) mass is 265 g/mol. The molecule has 0 aliphatic carbocycles. The van der Waals surface area contributed by atoms with Crippen molar-refractivity contribution in [1.82, 2.24) is 15.8 Å². The standard InChI is InChI=1S/C11H13N3OS.C2H6/c1-3-10-13-8(9-5-4-6-16-9)7-11(15)14(10)12-2;1-2/h3-7,12-13H,1-2H3;1-2H3/b10-3-;. The van der Waals surface area contributed by atoms with E-state index in [1.54, 1.807) is 24.5 Å². The molecular weight excluding hydrogens is 246 g/mol. The second-order valence-electron chi connectivity index (χ2n) is 3.23. The van der Waals surface area contributed by atoms with Gasteiger partial charge in [0.05, 0.1) is 10.6 Å². The zero-order valence-electron chi connectivity index (χ0n) is 11.2. The normalized spacial score (nSPS) is 16.9. The summed E-state index contributed by atoms with van der Waals surface area (Å²) in [6.45, 7) is 5.89. The number of nitrogens with one attached hydrogen (secondary N) is 2.